The number of hydrogen-bond donors (Lipinski definition) is 2. The minimum atomic E-state index is -0.110. The molecule has 16 heavy (non-hydrogen) atoms. The molecule has 0 aromatic heterocycles. The molecule has 88 valence electrons. The molecule has 0 bridgehead atoms. The van der Waals surface area contributed by atoms with E-state index in [9.17, 15) is 5.11 Å². The Labute approximate surface area is 101 Å². The molecule has 0 radical (unpaired) electrons. The minimum Gasteiger partial charge on any atom is -0.508 e. The van der Waals surface area contributed by atoms with Gasteiger partial charge in [-0.1, -0.05) is 36.9 Å². The van der Waals surface area contributed by atoms with E-state index < -0.39 is 0 Å². The molecule has 1 aliphatic rings. The van der Waals surface area contributed by atoms with Gasteiger partial charge in [-0.3, -0.25) is 0 Å². The molecule has 0 unspecified atom stereocenters. The van der Waals surface area contributed by atoms with E-state index in [4.69, 9.17) is 17.3 Å². The van der Waals surface area contributed by atoms with Crippen LogP contribution in [0, 0.1) is 0 Å². The van der Waals surface area contributed by atoms with Crippen LogP contribution in [0.25, 0.3) is 0 Å². The molecule has 1 fully saturated rings. The normalized spacial score (nSPS) is 19.6. The molecule has 0 saturated heterocycles. The summed E-state index contributed by atoms with van der Waals surface area (Å²) in [5.41, 5.74) is 6.69. The van der Waals surface area contributed by atoms with Gasteiger partial charge in [0.05, 0.1) is 0 Å². The highest BCUT2D eigenvalue weighted by molar-refractivity contribution is 6.31. The second-order valence-electron chi connectivity index (χ2n) is 4.68. The Hall–Kier alpha value is -0.730. The Balaban J connectivity index is 2.46. The number of phenols is 1. The Morgan fingerprint density at radius 1 is 1.25 bits per heavy atom. The van der Waals surface area contributed by atoms with Gasteiger partial charge in [0.1, 0.15) is 5.75 Å². The van der Waals surface area contributed by atoms with Gasteiger partial charge in [-0.15, -0.1) is 0 Å². The van der Waals surface area contributed by atoms with Crippen molar-refractivity contribution < 1.29 is 5.11 Å². The Bertz CT molecular complexity index is 352. The van der Waals surface area contributed by atoms with E-state index in [0.717, 1.165) is 18.4 Å². The molecular weight excluding hydrogens is 222 g/mol. The first-order valence-electron chi connectivity index (χ1n) is 5.88. The lowest BCUT2D eigenvalue weighted by Gasteiger charge is -2.37. The quantitative estimate of drug-likeness (QED) is 0.833. The molecule has 3 heteroatoms. The third-order valence-electron chi connectivity index (χ3n) is 3.72. The highest BCUT2D eigenvalue weighted by atomic mass is 35.5. The molecule has 1 aromatic rings. The fourth-order valence-corrected chi connectivity index (χ4v) is 3.19. The lowest BCUT2D eigenvalue weighted by Crippen LogP contribution is -2.37. The van der Waals surface area contributed by atoms with Gasteiger partial charge in [-0.2, -0.15) is 0 Å². The second kappa shape index (κ2) is 4.64. The van der Waals surface area contributed by atoms with Crippen LogP contribution in [-0.2, 0) is 5.41 Å². The Morgan fingerprint density at radius 3 is 2.50 bits per heavy atom. The zero-order chi connectivity index (χ0) is 11.6. The van der Waals surface area contributed by atoms with Crippen LogP contribution >= 0.6 is 11.6 Å². The van der Waals surface area contributed by atoms with E-state index >= 15 is 0 Å². The third-order valence-corrected chi connectivity index (χ3v) is 4.04. The fourth-order valence-electron chi connectivity index (χ4n) is 2.82. The first kappa shape index (κ1) is 11.7. The number of halogens is 1. The predicted molar refractivity (Wildman–Crippen MR) is 66.9 cm³/mol. The number of rotatable bonds is 2. The average Bonchev–Trinajstić information content (AvgIpc) is 2.30. The van der Waals surface area contributed by atoms with E-state index in [1.165, 1.54) is 19.3 Å². The molecule has 2 nitrogen and oxygen atoms in total. The SMILES string of the molecule is NCC1(c2c(O)cccc2Cl)CCCCC1. The summed E-state index contributed by atoms with van der Waals surface area (Å²) >= 11 is 6.22. The summed E-state index contributed by atoms with van der Waals surface area (Å²) in [6, 6.07) is 5.31. The molecule has 0 atom stereocenters. The number of phenolic OH excluding ortho intramolecular Hbond substituents is 1. The van der Waals surface area contributed by atoms with Gasteiger partial charge in [0.15, 0.2) is 0 Å². The maximum absolute atomic E-state index is 10.00. The summed E-state index contributed by atoms with van der Waals surface area (Å²) < 4.78 is 0. The van der Waals surface area contributed by atoms with Crippen LogP contribution in [0.1, 0.15) is 37.7 Å². The molecule has 0 spiro atoms. The number of hydrogen-bond acceptors (Lipinski definition) is 2. The summed E-state index contributed by atoms with van der Waals surface area (Å²) in [6.07, 6.45) is 5.65. The van der Waals surface area contributed by atoms with Gasteiger partial charge in [-0.25, -0.2) is 0 Å². The smallest absolute Gasteiger partial charge is 0.120 e. The summed E-state index contributed by atoms with van der Waals surface area (Å²) in [6.45, 7) is 0.560. The van der Waals surface area contributed by atoms with Crippen molar-refractivity contribution in [1.29, 1.82) is 0 Å². The summed E-state index contributed by atoms with van der Waals surface area (Å²) in [5.74, 6) is 0.292. The van der Waals surface area contributed by atoms with E-state index in [-0.39, 0.29) is 5.41 Å². The van der Waals surface area contributed by atoms with Gasteiger partial charge in [0.2, 0.25) is 0 Å². The second-order valence-corrected chi connectivity index (χ2v) is 5.09. The van der Waals surface area contributed by atoms with E-state index in [2.05, 4.69) is 0 Å². The predicted octanol–water partition coefficient (Wildman–Crippen LogP) is 3.21. The van der Waals surface area contributed by atoms with E-state index in [1.54, 1.807) is 12.1 Å². The highest BCUT2D eigenvalue weighted by Crippen LogP contribution is 2.45. The van der Waals surface area contributed by atoms with Gasteiger partial charge in [0.25, 0.3) is 0 Å². The average molecular weight is 240 g/mol. The topological polar surface area (TPSA) is 46.2 Å². The van der Waals surface area contributed by atoms with Crippen LogP contribution in [-0.4, -0.2) is 11.7 Å². The standard InChI is InChI=1S/C13H18ClNO/c14-10-5-4-6-11(16)12(10)13(9-15)7-2-1-3-8-13/h4-6,16H,1-3,7-9,15H2. The van der Waals surface area contributed by atoms with Crippen LogP contribution in [0.4, 0.5) is 0 Å². The van der Waals surface area contributed by atoms with Crippen LogP contribution in [0.5, 0.6) is 5.75 Å². The van der Waals surface area contributed by atoms with Gasteiger partial charge in [0, 0.05) is 22.5 Å². The first-order valence-corrected chi connectivity index (χ1v) is 6.25. The van der Waals surface area contributed by atoms with Crippen LogP contribution in [0.15, 0.2) is 18.2 Å². The zero-order valence-corrected chi connectivity index (χ0v) is 10.1. The van der Waals surface area contributed by atoms with Crippen molar-refractivity contribution in [2.45, 2.75) is 37.5 Å². The molecule has 3 N–H and O–H groups in total. The zero-order valence-electron chi connectivity index (χ0n) is 9.38. The molecular formula is C13H18ClNO. The number of nitrogens with two attached hydrogens (primary N) is 1. The van der Waals surface area contributed by atoms with Crippen molar-refractivity contribution in [3.05, 3.63) is 28.8 Å². The van der Waals surface area contributed by atoms with Crippen molar-refractivity contribution in [2.75, 3.05) is 6.54 Å². The minimum absolute atomic E-state index is 0.110. The molecule has 1 aliphatic carbocycles. The van der Waals surface area contributed by atoms with Crippen molar-refractivity contribution >= 4 is 11.6 Å². The Kier molecular flexibility index (Phi) is 3.41. The van der Waals surface area contributed by atoms with Gasteiger partial charge >= 0.3 is 0 Å². The van der Waals surface area contributed by atoms with Crippen molar-refractivity contribution in [3.63, 3.8) is 0 Å². The van der Waals surface area contributed by atoms with Crippen molar-refractivity contribution in [3.8, 4) is 5.75 Å². The summed E-state index contributed by atoms with van der Waals surface area (Å²) in [5, 5.41) is 10.6. The first-order chi connectivity index (χ1) is 7.69. The monoisotopic (exact) mass is 239 g/mol. The fraction of sp³-hybridized carbons (Fsp3) is 0.538. The molecule has 0 heterocycles. The van der Waals surface area contributed by atoms with E-state index in [1.807, 2.05) is 6.07 Å². The van der Waals surface area contributed by atoms with Gasteiger partial charge < -0.3 is 10.8 Å². The van der Waals surface area contributed by atoms with Crippen LogP contribution in [0.2, 0.25) is 5.02 Å². The molecule has 2 rings (SSSR count). The lowest BCUT2D eigenvalue weighted by atomic mass is 9.69. The molecule has 1 saturated carbocycles. The number of aromatic hydroxyl groups is 1. The molecule has 1 aromatic carbocycles. The highest BCUT2D eigenvalue weighted by Gasteiger charge is 2.36. The largest absolute Gasteiger partial charge is 0.508 e. The Morgan fingerprint density at radius 2 is 1.94 bits per heavy atom. The summed E-state index contributed by atoms with van der Waals surface area (Å²) in [4.78, 5) is 0. The maximum Gasteiger partial charge on any atom is 0.120 e. The third kappa shape index (κ3) is 1.92. The molecule has 0 amide bonds. The van der Waals surface area contributed by atoms with Gasteiger partial charge in [-0.05, 0) is 25.0 Å². The lowest BCUT2D eigenvalue weighted by molar-refractivity contribution is 0.291. The summed E-state index contributed by atoms with van der Waals surface area (Å²) in [7, 11) is 0. The molecule has 0 aliphatic heterocycles. The van der Waals surface area contributed by atoms with E-state index in [0.29, 0.717) is 17.3 Å². The van der Waals surface area contributed by atoms with Crippen molar-refractivity contribution in [1.82, 2.24) is 0 Å². The van der Waals surface area contributed by atoms with Crippen molar-refractivity contribution in [2.24, 2.45) is 5.73 Å². The van der Waals surface area contributed by atoms with Crippen LogP contribution < -0.4 is 5.73 Å². The number of benzene rings is 1. The maximum atomic E-state index is 10.00. The van der Waals surface area contributed by atoms with Crippen LogP contribution in [0.3, 0.4) is 0 Å².